The van der Waals surface area contributed by atoms with Gasteiger partial charge in [0.05, 0.1) is 6.10 Å². The summed E-state index contributed by atoms with van der Waals surface area (Å²) in [6.07, 6.45) is 7.58. The van der Waals surface area contributed by atoms with E-state index in [0.29, 0.717) is 12.5 Å². The second-order valence-electron chi connectivity index (χ2n) is 4.92. The van der Waals surface area contributed by atoms with Crippen LogP contribution in [0.25, 0.3) is 0 Å². The molecule has 0 aromatic heterocycles. The Morgan fingerprint density at radius 2 is 1.73 bits per heavy atom. The van der Waals surface area contributed by atoms with Crippen LogP contribution in [0.5, 0.6) is 0 Å². The molecular weight excluding hydrogens is 190 g/mol. The lowest BCUT2D eigenvalue weighted by Gasteiger charge is -2.21. The molecule has 1 saturated heterocycles. The first-order valence-electron chi connectivity index (χ1n) is 6.24. The van der Waals surface area contributed by atoms with Gasteiger partial charge in [-0.3, -0.25) is 4.79 Å². The molecule has 1 atom stereocenters. The normalized spacial score (nSPS) is 29.1. The largest absolute Gasteiger partial charge is 0.391 e. The second kappa shape index (κ2) is 4.97. The molecule has 1 aliphatic carbocycles. The fourth-order valence-electron chi connectivity index (χ4n) is 2.73. The van der Waals surface area contributed by atoms with Crippen molar-refractivity contribution in [2.45, 2.75) is 51.0 Å². The summed E-state index contributed by atoms with van der Waals surface area (Å²) in [5, 5.41) is 9.41. The van der Waals surface area contributed by atoms with Gasteiger partial charge >= 0.3 is 0 Å². The molecule has 0 unspecified atom stereocenters. The van der Waals surface area contributed by atoms with Crippen LogP contribution >= 0.6 is 0 Å². The maximum atomic E-state index is 12.1. The quantitative estimate of drug-likeness (QED) is 0.668. The molecule has 0 aromatic rings. The SMILES string of the molecule is O=C(C1CCCCCC1)N1CC[C@@H](O)C1. The van der Waals surface area contributed by atoms with Gasteiger partial charge in [-0.2, -0.15) is 0 Å². The van der Waals surface area contributed by atoms with Crippen LogP contribution in [0.15, 0.2) is 0 Å². The predicted molar refractivity (Wildman–Crippen MR) is 58.4 cm³/mol. The number of rotatable bonds is 1. The van der Waals surface area contributed by atoms with Gasteiger partial charge in [-0.1, -0.05) is 25.7 Å². The Morgan fingerprint density at radius 1 is 1.07 bits per heavy atom. The van der Waals surface area contributed by atoms with Gasteiger partial charge in [0.15, 0.2) is 0 Å². The van der Waals surface area contributed by atoms with Crippen molar-refractivity contribution in [1.82, 2.24) is 4.90 Å². The fourth-order valence-corrected chi connectivity index (χ4v) is 2.73. The standard InChI is InChI=1S/C12H21NO2/c14-11-7-8-13(9-11)12(15)10-5-3-1-2-4-6-10/h10-11,14H,1-9H2/t11-/m1/s1. The van der Waals surface area contributed by atoms with Crippen molar-refractivity contribution < 1.29 is 9.90 Å². The van der Waals surface area contributed by atoms with Gasteiger partial charge in [0.2, 0.25) is 5.91 Å². The third kappa shape index (κ3) is 2.71. The minimum Gasteiger partial charge on any atom is -0.391 e. The van der Waals surface area contributed by atoms with Crippen molar-refractivity contribution in [3.8, 4) is 0 Å². The number of aliphatic hydroxyl groups excluding tert-OH is 1. The first-order chi connectivity index (χ1) is 7.27. The molecule has 2 rings (SSSR count). The van der Waals surface area contributed by atoms with Crippen molar-refractivity contribution in [3.63, 3.8) is 0 Å². The zero-order valence-electron chi connectivity index (χ0n) is 9.32. The third-order valence-corrected chi connectivity index (χ3v) is 3.68. The van der Waals surface area contributed by atoms with Crippen molar-refractivity contribution in [1.29, 1.82) is 0 Å². The van der Waals surface area contributed by atoms with Crippen LogP contribution in [-0.4, -0.2) is 35.1 Å². The van der Waals surface area contributed by atoms with E-state index in [1.165, 1.54) is 25.7 Å². The first-order valence-corrected chi connectivity index (χ1v) is 6.24. The summed E-state index contributed by atoms with van der Waals surface area (Å²) in [4.78, 5) is 14.0. The molecule has 3 nitrogen and oxygen atoms in total. The maximum absolute atomic E-state index is 12.1. The van der Waals surface area contributed by atoms with Gasteiger partial charge in [-0.25, -0.2) is 0 Å². The molecule has 15 heavy (non-hydrogen) atoms. The highest BCUT2D eigenvalue weighted by Crippen LogP contribution is 2.25. The Morgan fingerprint density at radius 3 is 2.27 bits per heavy atom. The Balaban J connectivity index is 1.88. The Hall–Kier alpha value is -0.570. The van der Waals surface area contributed by atoms with E-state index in [-0.39, 0.29) is 12.0 Å². The monoisotopic (exact) mass is 211 g/mol. The summed E-state index contributed by atoms with van der Waals surface area (Å²) in [6, 6.07) is 0. The molecule has 1 heterocycles. The van der Waals surface area contributed by atoms with Crippen LogP contribution in [0.2, 0.25) is 0 Å². The molecular formula is C12H21NO2. The summed E-state index contributed by atoms with van der Waals surface area (Å²) in [5.74, 6) is 0.547. The number of nitrogens with zero attached hydrogens (tertiary/aromatic N) is 1. The van der Waals surface area contributed by atoms with E-state index in [2.05, 4.69) is 0 Å². The first kappa shape index (κ1) is 10.9. The zero-order valence-corrected chi connectivity index (χ0v) is 9.32. The average Bonchev–Trinajstić information content (AvgIpc) is 2.53. The minimum atomic E-state index is -0.278. The van der Waals surface area contributed by atoms with Crippen LogP contribution in [0.4, 0.5) is 0 Å². The van der Waals surface area contributed by atoms with Crippen molar-refractivity contribution in [2.24, 2.45) is 5.92 Å². The lowest BCUT2D eigenvalue weighted by Crippen LogP contribution is -2.34. The number of aliphatic hydroxyl groups is 1. The molecule has 0 spiro atoms. The number of carbonyl (C=O) groups is 1. The molecule has 2 aliphatic rings. The van der Waals surface area contributed by atoms with Crippen LogP contribution in [0, 0.1) is 5.92 Å². The topological polar surface area (TPSA) is 40.5 Å². The maximum Gasteiger partial charge on any atom is 0.225 e. The number of hydrogen-bond acceptors (Lipinski definition) is 2. The van der Waals surface area contributed by atoms with Gasteiger partial charge in [0.25, 0.3) is 0 Å². The average molecular weight is 211 g/mol. The van der Waals surface area contributed by atoms with Gasteiger partial charge in [-0.05, 0) is 19.3 Å². The molecule has 0 bridgehead atoms. The van der Waals surface area contributed by atoms with Gasteiger partial charge in [-0.15, -0.1) is 0 Å². The lowest BCUT2D eigenvalue weighted by molar-refractivity contribution is -0.135. The minimum absolute atomic E-state index is 0.248. The van der Waals surface area contributed by atoms with E-state index < -0.39 is 0 Å². The molecule has 1 saturated carbocycles. The van der Waals surface area contributed by atoms with Crippen molar-refractivity contribution in [3.05, 3.63) is 0 Å². The molecule has 0 radical (unpaired) electrons. The number of likely N-dealkylation sites (tertiary alicyclic amines) is 1. The number of carbonyl (C=O) groups excluding carboxylic acids is 1. The van der Waals surface area contributed by atoms with E-state index in [4.69, 9.17) is 0 Å². The highest BCUT2D eigenvalue weighted by Gasteiger charge is 2.29. The summed E-state index contributed by atoms with van der Waals surface area (Å²) in [7, 11) is 0. The zero-order chi connectivity index (χ0) is 10.7. The molecule has 0 aromatic carbocycles. The second-order valence-corrected chi connectivity index (χ2v) is 4.92. The van der Waals surface area contributed by atoms with Crippen LogP contribution < -0.4 is 0 Å². The molecule has 1 N–H and O–H groups in total. The van der Waals surface area contributed by atoms with E-state index in [9.17, 15) is 9.90 Å². The Labute approximate surface area is 91.5 Å². The summed E-state index contributed by atoms with van der Waals surface area (Å²) >= 11 is 0. The van der Waals surface area contributed by atoms with Gasteiger partial charge in [0.1, 0.15) is 0 Å². The molecule has 3 heteroatoms. The van der Waals surface area contributed by atoms with E-state index >= 15 is 0 Å². The van der Waals surface area contributed by atoms with Crippen LogP contribution in [0.1, 0.15) is 44.9 Å². The van der Waals surface area contributed by atoms with Gasteiger partial charge < -0.3 is 10.0 Å². The molecule has 86 valence electrons. The highest BCUT2D eigenvalue weighted by atomic mass is 16.3. The van der Waals surface area contributed by atoms with Crippen molar-refractivity contribution >= 4 is 5.91 Å². The van der Waals surface area contributed by atoms with E-state index in [1.54, 1.807) is 0 Å². The van der Waals surface area contributed by atoms with E-state index in [1.807, 2.05) is 4.90 Å². The Bertz CT molecular complexity index is 222. The van der Waals surface area contributed by atoms with Crippen LogP contribution in [0.3, 0.4) is 0 Å². The van der Waals surface area contributed by atoms with Crippen LogP contribution in [-0.2, 0) is 4.79 Å². The number of β-amino-alcohol motifs (C(OH)–C–C–N with tert-alkyl or cyclic N) is 1. The summed E-state index contributed by atoms with van der Waals surface area (Å²) in [5.41, 5.74) is 0. The van der Waals surface area contributed by atoms with Crippen molar-refractivity contribution in [2.75, 3.05) is 13.1 Å². The fraction of sp³-hybridized carbons (Fsp3) is 0.917. The Kier molecular flexibility index (Phi) is 3.62. The molecule has 1 aliphatic heterocycles. The van der Waals surface area contributed by atoms with E-state index in [0.717, 1.165) is 25.8 Å². The number of amides is 1. The number of hydrogen-bond donors (Lipinski definition) is 1. The molecule has 2 fully saturated rings. The lowest BCUT2D eigenvalue weighted by atomic mass is 9.99. The highest BCUT2D eigenvalue weighted by molar-refractivity contribution is 5.79. The third-order valence-electron chi connectivity index (χ3n) is 3.68. The predicted octanol–water partition coefficient (Wildman–Crippen LogP) is 1.55. The smallest absolute Gasteiger partial charge is 0.225 e. The summed E-state index contributed by atoms with van der Waals surface area (Å²) in [6.45, 7) is 1.33. The van der Waals surface area contributed by atoms with Gasteiger partial charge in [0, 0.05) is 19.0 Å². The molecule has 1 amide bonds. The summed E-state index contributed by atoms with van der Waals surface area (Å²) < 4.78 is 0.